The van der Waals surface area contributed by atoms with Gasteiger partial charge in [-0.15, -0.1) is 0 Å². The van der Waals surface area contributed by atoms with Crippen LogP contribution in [0.25, 0.3) is 11.1 Å². The van der Waals surface area contributed by atoms with Gasteiger partial charge in [-0.05, 0) is 35.9 Å². The van der Waals surface area contributed by atoms with Gasteiger partial charge in [-0.2, -0.15) is 5.26 Å². The normalized spacial score (nSPS) is 9.83. The van der Waals surface area contributed by atoms with Crippen LogP contribution in [0.5, 0.6) is 5.75 Å². The number of nitrogens with zero attached hydrogens (tertiary/aromatic N) is 1. The molecule has 2 aromatic rings. The van der Waals surface area contributed by atoms with E-state index in [0.717, 1.165) is 11.1 Å². The topological polar surface area (TPSA) is 59.0 Å². The van der Waals surface area contributed by atoms with E-state index < -0.39 is 0 Å². The van der Waals surface area contributed by atoms with Crippen molar-refractivity contribution in [2.75, 3.05) is 12.8 Å². The summed E-state index contributed by atoms with van der Waals surface area (Å²) in [6.45, 7) is 0. The molecule has 0 aliphatic rings. The SMILES string of the molecule is COc1ccc(C#N)cc1-c1ccc(Cl)c(N)c1. The summed E-state index contributed by atoms with van der Waals surface area (Å²) in [6.07, 6.45) is 0. The smallest absolute Gasteiger partial charge is 0.126 e. The number of halogens is 1. The molecule has 0 amide bonds. The van der Waals surface area contributed by atoms with Crippen molar-refractivity contribution >= 4 is 17.3 Å². The first-order chi connectivity index (χ1) is 8.65. The highest BCUT2D eigenvalue weighted by molar-refractivity contribution is 6.33. The molecule has 0 spiro atoms. The summed E-state index contributed by atoms with van der Waals surface area (Å²) in [7, 11) is 1.59. The Morgan fingerprint density at radius 1 is 1.22 bits per heavy atom. The standard InChI is InChI=1S/C14H11ClN2O/c1-18-14-5-2-9(8-16)6-11(14)10-3-4-12(15)13(17)7-10/h2-7H,17H2,1H3. The molecule has 0 saturated heterocycles. The summed E-state index contributed by atoms with van der Waals surface area (Å²) in [5.41, 5.74) is 8.54. The molecule has 90 valence electrons. The molecule has 0 bridgehead atoms. The predicted octanol–water partition coefficient (Wildman–Crippen LogP) is 3.47. The van der Waals surface area contributed by atoms with Gasteiger partial charge in [0.25, 0.3) is 0 Å². The lowest BCUT2D eigenvalue weighted by molar-refractivity contribution is 0.416. The number of nitrogens with two attached hydrogens (primary N) is 1. The number of nitrogen functional groups attached to an aromatic ring is 1. The van der Waals surface area contributed by atoms with E-state index in [2.05, 4.69) is 6.07 Å². The molecule has 0 aromatic heterocycles. The molecule has 4 heteroatoms. The number of hydrogen-bond donors (Lipinski definition) is 1. The minimum absolute atomic E-state index is 0.499. The minimum Gasteiger partial charge on any atom is -0.496 e. The van der Waals surface area contributed by atoms with Gasteiger partial charge in [0.1, 0.15) is 5.75 Å². The second-order valence-corrected chi connectivity index (χ2v) is 4.17. The first-order valence-electron chi connectivity index (χ1n) is 5.29. The Morgan fingerprint density at radius 2 is 2.00 bits per heavy atom. The lowest BCUT2D eigenvalue weighted by atomic mass is 10.0. The zero-order valence-electron chi connectivity index (χ0n) is 9.77. The fourth-order valence-corrected chi connectivity index (χ4v) is 1.83. The van der Waals surface area contributed by atoms with Crippen LogP contribution in [0.4, 0.5) is 5.69 Å². The second-order valence-electron chi connectivity index (χ2n) is 3.76. The van der Waals surface area contributed by atoms with Crippen LogP contribution in [-0.2, 0) is 0 Å². The number of nitriles is 1. The van der Waals surface area contributed by atoms with Crippen molar-refractivity contribution in [1.82, 2.24) is 0 Å². The van der Waals surface area contributed by atoms with Crippen molar-refractivity contribution < 1.29 is 4.74 Å². The van der Waals surface area contributed by atoms with Gasteiger partial charge in [0, 0.05) is 5.56 Å². The van der Waals surface area contributed by atoms with Crippen LogP contribution in [0, 0.1) is 11.3 Å². The number of anilines is 1. The lowest BCUT2D eigenvalue weighted by Crippen LogP contribution is -1.91. The first kappa shape index (κ1) is 12.3. The Balaban J connectivity index is 2.61. The van der Waals surface area contributed by atoms with Crippen LogP contribution in [0.2, 0.25) is 5.02 Å². The van der Waals surface area contributed by atoms with E-state index in [9.17, 15) is 0 Å². The summed E-state index contributed by atoms with van der Waals surface area (Å²) in [5, 5.41) is 9.44. The van der Waals surface area contributed by atoms with E-state index in [1.165, 1.54) is 0 Å². The number of ether oxygens (including phenoxy) is 1. The third-order valence-corrected chi connectivity index (χ3v) is 2.98. The van der Waals surface area contributed by atoms with Crippen molar-refractivity contribution in [2.24, 2.45) is 0 Å². The zero-order chi connectivity index (χ0) is 13.1. The van der Waals surface area contributed by atoms with Gasteiger partial charge in [-0.1, -0.05) is 17.7 Å². The van der Waals surface area contributed by atoms with Crippen LogP contribution in [0.3, 0.4) is 0 Å². The van der Waals surface area contributed by atoms with Crippen LogP contribution in [0.15, 0.2) is 36.4 Å². The summed E-state index contributed by atoms with van der Waals surface area (Å²) in [4.78, 5) is 0. The van der Waals surface area contributed by atoms with Crippen LogP contribution < -0.4 is 10.5 Å². The highest BCUT2D eigenvalue weighted by atomic mass is 35.5. The number of hydrogen-bond acceptors (Lipinski definition) is 3. The van der Waals surface area contributed by atoms with Gasteiger partial charge in [0.15, 0.2) is 0 Å². The highest BCUT2D eigenvalue weighted by Crippen LogP contribution is 2.33. The maximum atomic E-state index is 8.93. The molecular weight excluding hydrogens is 248 g/mol. The fourth-order valence-electron chi connectivity index (χ4n) is 1.71. The molecule has 0 saturated carbocycles. The third-order valence-electron chi connectivity index (χ3n) is 2.64. The molecule has 0 heterocycles. The highest BCUT2D eigenvalue weighted by Gasteiger charge is 2.08. The molecule has 0 radical (unpaired) electrons. The molecule has 18 heavy (non-hydrogen) atoms. The average molecular weight is 259 g/mol. The summed E-state index contributed by atoms with van der Waals surface area (Å²) < 4.78 is 5.29. The summed E-state index contributed by atoms with van der Waals surface area (Å²) in [5.74, 6) is 0.690. The molecule has 0 fully saturated rings. The number of benzene rings is 2. The van der Waals surface area contributed by atoms with Crippen LogP contribution in [0.1, 0.15) is 5.56 Å². The van der Waals surface area contributed by atoms with Gasteiger partial charge in [0.2, 0.25) is 0 Å². The quantitative estimate of drug-likeness (QED) is 0.839. The molecule has 0 unspecified atom stereocenters. The minimum atomic E-state index is 0.499. The lowest BCUT2D eigenvalue weighted by Gasteiger charge is -2.10. The molecule has 0 atom stereocenters. The van der Waals surface area contributed by atoms with Crippen molar-refractivity contribution in [3.05, 3.63) is 47.0 Å². The molecule has 0 aliphatic carbocycles. The zero-order valence-corrected chi connectivity index (χ0v) is 10.5. The second kappa shape index (κ2) is 4.99. The van der Waals surface area contributed by atoms with Crippen molar-refractivity contribution in [2.45, 2.75) is 0 Å². The monoisotopic (exact) mass is 258 g/mol. The maximum absolute atomic E-state index is 8.93. The fraction of sp³-hybridized carbons (Fsp3) is 0.0714. The van der Waals surface area contributed by atoms with E-state index in [-0.39, 0.29) is 0 Å². The Labute approximate surface area is 110 Å². The van der Waals surface area contributed by atoms with Gasteiger partial charge in [0.05, 0.1) is 29.5 Å². The maximum Gasteiger partial charge on any atom is 0.126 e. The number of rotatable bonds is 2. The molecular formula is C14H11ClN2O. The van der Waals surface area contributed by atoms with Gasteiger partial charge >= 0.3 is 0 Å². The van der Waals surface area contributed by atoms with Crippen molar-refractivity contribution in [3.63, 3.8) is 0 Å². The van der Waals surface area contributed by atoms with E-state index in [1.807, 2.05) is 6.07 Å². The first-order valence-corrected chi connectivity index (χ1v) is 5.67. The van der Waals surface area contributed by atoms with E-state index >= 15 is 0 Å². The number of methoxy groups -OCH3 is 1. The largest absolute Gasteiger partial charge is 0.496 e. The third kappa shape index (κ3) is 2.24. The predicted molar refractivity (Wildman–Crippen MR) is 72.6 cm³/mol. The van der Waals surface area contributed by atoms with Crippen molar-refractivity contribution in [1.29, 1.82) is 5.26 Å². The van der Waals surface area contributed by atoms with Crippen LogP contribution in [-0.4, -0.2) is 7.11 Å². The van der Waals surface area contributed by atoms with Gasteiger partial charge < -0.3 is 10.5 Å². The van der Waals surface area contributed by atoms with Gasteiger partial charge in [-0.25, -0.2) is 0 Å². The molecule has 0 aliphatic heterocycles. The Kier molecular flexibility index (Phi) is 3.40. The van der Waals surface area contributed by atoms with E-state index in [1.54, 1.807) is 37.4 Å². The van der Waals surface area contributed by atoms with E-state index in [0.29, 0.717) is 22.0 Å². The average Bonchev–Trinajstić information content (AvgIpc) is 2.41. The van der Waals surface area contributed by atoms with Crippen LogP contribution >= 0.6 is 11.6 Å². The van der Waals surface area contributed by atoms with Gasteiger partial charge in [-0.3, -0.25) is 0 Å². The Morgan fingerprint density at radius 3 is 2.61 bits per heavy atom. The summed E-state index contributed by atoms with van der Waals surface area (Å²) >= 11 is 5.89. The summed E-state index contributed by atoms with van der Waals surface area (Å²) in [6, 6.07) is 12.7. The molecule has 2 rings (SSSR count). The van der Waals surface area contributed by atoms with E-state index in [4.69, 9.17) is 27.3 Å². The Hall–Kier alpha value is -2.18. The molecule has 2 aromatic carbocycles. The molecule has 3 nitrogen and oxygen atoms in total. The van der Waals surface area contributed by atoms with Crippen molar-refractivity contribution in [3.8, 4) is 22.9 Å². The Bertz CT molecular complexity index is 632. The molecule has 2 N–H and O–H groups in total.